The van der Waals surface area contributed by atoms with Crippen molar-refractivity contribution in [3.05, 3.63) is 34.3 Å². The second kappa shape index (κ2) is 7.03. The van der Waals surface area contributed by atoms with E-state index in [4.69, 9.17) is 11.6 Å². The van der Waals surface area contributed by atoms with Crippen LogP contribution in [0.15, 0.2) is 18.2 Å². The summed E-state index contributed by atoms with van der Waals surface area (Å²) in [5, 5.41) is 4.29. The van der Waals surface area contributed by atoms with Crippen molar-refractivity contribution in [3.8, 4) is 0 Å². The predicted octanol–water partition coefficient (Wildman–Crippen LogP) is 4.74. The number of hydrogen-bond acceptors (Lipinski definition) is 1. The fourth-order valence-electron chi connectivity index (χ4n) is 2.36. The Bertz CT molecular complexity index is 345. The largest absolute Gasteiger partial charge is 0.313 e. The first kappa shape index (κ1) is 14.5. The van der Waals surface area contributed by atoms with Gasteiger partial charge in [-0.1, -0.05) is 50.4 Å². The summed E-state index contributed by atoms with van der Waals surface area (Å²) in [4.78, 5) is 0. The summed E-state index contributed by atoms with van der Waals surface area (Å²) in [6.45, 7) is 6.65. The van der Waals surface area contributed by atoms with Gasteiger partial charge in [0.2, 0.25) is 0 Å². The maximum absolute atomic E-state index is 6.19. The van der Waals surface area contributed by atoms with Gasteiger partial charge in [0.25, 0.3) is 0 Å². The van der Waals surface area contributed by atoms with Crippen LogP contribution in [-0.2, 0) is 0 Å². The second-order valence-corrected chi connectivity index (χ2v) is 5.12. The van der Waals surface area contributed by atoms with Gasteiger partial charge in [-0.05, 0) is 43.5 Å². The summed E-state index contributed by atoms with van der Waals surface area (Å²) < 4.78 is 0. The van der Waals surface area contributed by atoms with Gasteiger partial charge in [0.15, 0.2) is 0 Å². The summed E-state index contributed by atoms with van der Waals surface area (Å²) in [7, 11) is 2.04. The molecule has 1 N–H and O–H groups in total. The zero-order chi connectivity index (χ0) is 12.8. The highest BCUT2D eigenvalue weighted by molar-refractivity contribution is 6.31. The summed E-state index contributed by atoms with van der Waals surface area (Å²) in [5.74, 6) is 0.783. The van der Waals surface area contributed by atoms with E-state index in [1.807, 2.05) is 19.2 Å². The second-order valence-electron chi connectivity index (χ2n) is 4.71. The summed E-state index contributed by atoms with van der Waals surface area (Å²) in [5.41, 5.74) is 2.55. The molecule has 0 aromatic heterocycles. The molecule has 0 radical (unpaired) electrons. The highest BCUT2D eigenvalue weighted by atomic mass is 35.5. The van der Waals surface area contributed by atoms with Crippen LogP contribution in [0.1, 0.15) is 50.3 Å². The van der Waals surface area contributed by atoms with Gasteiger partial charge in [-0.3, -0.25) is 0 Å². The molecule has 1 rings (SSSR count). The lowest BCUT2D eigenvalue weighted by Crippen LogP contribution is -2.20. The van der Waals surface area contributed by atoms with Gasteiger partial charge in [0.1, 0.15) is 0 Å². The molecule has 1 atom stereocenters. The minimum absolute atomic E-state index is 0.415. The van der Waals surface area contributed by atoms with E-state index in [-0.39, 0.29) is 0 Å². The van der Waals surface area contributed by atoms with Crippen molar-refractivity contribution in [2.24, 2.45) is 5.92 Å². The Kier molecular flexibility index (Phi) is 6.01. The van der Waals surface area contributed by atoms with Crippen LogP contribution in [-0.4, -0.2) is 7.05 Å². The molecule has 0 aliphatic heterocycles. The monoisotopic (exact) mass is 253 g/mol. The molecular formula is C15H24ClN. The molecular weight excluding hydrogens is 230 g/mol. The Balaban J connectivity index is 2.89. The van der Waals surface area contributed by atoms with Crippen LogP contribution in [0.5, 0.6) is 0 Å². The van der Waals surface area contributed by atoms with Crippen molar-refractivity contribution < 1.29 is 0 Å². The van der Waals surface area contributed by atoms with Crippen molar-refractivity contribution in [1.29, 1.82) is 0 Å². The fraction of sp³-hybridized carbons (Fsp3) is 0.600. The Morgan fingerprint density at radius 3 is 2.41 bits per heavy atom. The molecule has 0 saturated carbocycles. The Labute approximate surface area is 111 Å². The number of halogens is 1. The van der Waals surface area contributed by atoms with Crippen molar-refractivity contribution >= 4 is 11.6 Å². The van der Waals surface area contributed by atoms with Crippen LogP contribution in [0.4, 0.5) is 0 Å². The Morgan fingerprint density at radius 2 is 1.88 bits per heavy atom. The normalized spacial score (nSPS) is 13.1. The van der Waals surface area contributed by atoms with Gasteiger partial charge in [0.05, 0.1) is 0 Å². The lowest BCUT2D eigenvalue weighted by Gasteiger charge is -2.23. The number of benzene rings is 1. The lowest BCUT2D eigenvalue weighted by atomic mass is 9.89. The van der Waals surface area contributed by atoms with Gasteiger partial charge < -0.3 is 5.32 Å². The maximum atomic E-state index is 6.19. The average molecular weight is 254 g/mol. The molecule has 17 heavy (non-hydrogen) atoms. The fourth-order valence-corrected chi connectivity index (χ4v) is 2.54. The first-order chi connectivity index (χ1) is 8.13. The standard InChI is InChI=1S/C15H24ClN/c1-5-12(6-2)10-15(17-4)13-8-7-9-14(16)11(13)3/h7-9,12,15,17H,5-6,10H2,1-4H3. The summed E-state index contributed by atoms with van der Waals surface area (Å²) >= 11 is 6.19. The molecule has 0 amide bonds. The van der Waals surface area contributed by atoms with Gasteiger partial charge >= 0.3 is 0 Å². The topological polar surface area (TPSA) is 12.0 Å². The minimum Gasteiger partial charge on any atom is -0.313 e. The summed E-state index contributed by atoms with van der Waals surface area (Å²) in [6, 6.07) is 6.61. The van der Waals surface area contributed by atoms with Gasteiger partial charge in [-0.2, -0.15) is 0 Å². The van der Waals surface area contributed by atoms with E-state index in [2.05, 4.69) is 32.2 Å². The number of rotatable bonds is 6. The van der Waals surface area contributed by atoms with Crippen LogP contribution in [0.2, 0.25) is 5.02 Å². The van der Waals surface area contributed by atoms with E-state index in [0.717, 1.165) is 10.9 Å². The first-order valence-electron chi connectivity index (χ1n) is 6.56. The van der Waals surface area contributed by atoms with Crippen molar-refractivity contribution in [2.45, 2.75) is 46.1 Å². The molecule has 0 saturated heterocycles. The molecule has 1 nitrogen and oxygen atoms in total. The van der Waals surface area contributed by atoms with Crippen LogP contribution < -0.4 is 5.32 Å². The first-order valence-corrected chi connectivity index (χ1v) is 6.94. The van der Waals surface area contributed by atoms with Crippen molar-refractivity contribution in [1.82, 2.24) is 5.32 Å². The van der Waals surface area contributed by atoms with E-state index in [1.165, 1.54) is 30.4 Å². The third-order valence-electron chi connectivity index (χ3n) is 3.76. The third-order valence-corrected chi connectivity index (χ3v) is 4.17. The molecule has 2 heteroatoms. The molecule has 1 aromatic rings. The van der Waals surface area contributed by atoms with E-state index < -0.39 is 0 Å². The highest BCUT2D eigenvalue weighted by Crippen LogP contribution is 2.29. The van der Waals surface area contributed by atoms with Gasteiger partial charge in [-0.15, -0.1) is 0 Å². The minimum atomic E-state index is 0.415. The Hall–Kier alpha value is -0.530. The van der Waals surface area contributed by atoms with Crippen LogP contribution in [0.25, 0.3) is 0 Å². The average Bonchev–Trinajstić information content (AvgIpc) is 2.35. The predicted molar refractivity (Wildman–Crippen MR) is 76.7 cm³/mol. The quantitative estimate of drug-likeness (QED) is 0.773. The zero-order valence-corrected chi connectivity index (χ0v) is 12.1. The van der Waals surface area contributed by atoms with E-state index in [9.17, 15) is 0 Å². The molecule has 0 spiro atoms. The van der Waals surface area contributed by atoms with Crippen LogP contribution in [0, 0.1) is 12.8 Å². The smallest absolute Gasteiger partial charge is 0.0438 e. The SMILES string of the molecule is CCC(CC)CC(NC)c1cccc(Cl)c1C. The number of hydrogen-bond donors (Lipinski definition) is 1. The van der Waals surface area contributed by atoms with Crippen LogP contribution in [0.3, 0.4) is 0 Å². The van der Waals surface area contributed by atoms with Crippen molar-refractivity contribution in [2.75, 3.05) is 7.05 Å². The molecule has 0 aliphatic rings. The molecule has 0 aliphatic carbocycles. The molecule has 0 bridgehead atoms. The van der Waals surface area contributed by atoms with E-state index in [0.29, 0.717) is 6.04 Å². The van der Waals surface area contributed by atoms with Crippen molar-refractivity contribution in [3.63, 3.8) is 0 Å². The van der Waals surface area contributed by atoms with Crippen LogP contribution >= 0.6 is 11.6 Å². The zero-order valence-electron chi connectivity index (χ0n) is 11.4. The molecule has 0 heterocycles. The van der Waals surface area contributed by atoms with E-state index >= 15 is 0 Å². The summed E-state index contributed by atoms with van der Waals surface area (Å²) in [6.07, 6.45) is 3.67. The number of nitrogens with one attached hydrogen (secondary N) is 1. The molecule has 1 unspecified atom stereocenters. The maximum Gasteiger partial charge on any atom is 0.0438 e. The third kappa shape index (κ3) is 3.72. The lowest BCUT2D eigenvalue weighted by molar-refractivity contribution is 0.384. The molecule has 0 fully saturated rings. The van der Waals surface area contributed by atoms with Gasteiger partial charge in [0, 0.05) is 11.1 Å². The highest BCUT2D eigenvalue weighted by Gasteiger charge is 2.16. The molecule has 1 aromatic carbocycles. The molecule has 96 valence electrons. The Morgan fingerprint density at radius 1 is 1.24 bits per heavy atom. The van der Waals surface area contributed by atoms with E-state index in [1.54, 1.807) is 0 Å². The van der Waals surface area contributed by atoms with Gasteiger partial charge in [-0.25, -0.2) is 0 Å².